The monoisotopic (exact) mass is 456 g/mol. The van der Waals surface area contributed by atoms with Crippen LogP contribution < -0.4 is 15.6 Å². The van der Waals surface area contributed by atoms with Gasteiger partial charge in [-0.3, -0.25) is 10.2 Å². The zero-order valence-electron chi connectivity index (χ0n) is 17.9. The van der Waals surface area contributed by atoms with Crippen LogP contribution in [0.1, 0.15) is 17.5 Å². The van der Waals surface area contributed by atoms with Gasteiger partial charge < -0.3 is 14.6 Å². The molecule has 1 amide bonds. The van der Waals surface area contributed by atoms with Gasteiger partial charge in [0.2, 0.25) is 5.90 Å². The molecule has 3 N–H and O–H groups in total. The lowest BCUT2D eigenvalue weighted by Gasteiger charge is -2.24. The minimum Gasteiger partial charge on any atom is -0.494 e. The van der Waals surface area contributed by atoms with Gasteiger partial charge in [0.05, 0.1) is 6.61 Å². The van der Waals surface area contributed by atoms with Crippen molar-refractivity contribution < 1.29 is 23.8 Å². The maximum absolute atomic E-state index is 13.1. The number of hydrogen-bond acceptors (Lipinski definition) is 7. The van der Waals surface area contributed by atoms with Crippen LogP contribution >= 0.6 is 0 Å². The van der Waals surface area contributed by atoms with E-state index in [1.807, 2.05) is 0 Å². The molecule has 0 aliphatic carbocycles. The molecule has 0 spiro atoms. The number of alkyl halides is 1. The minimum atomic E-state index is -1.35. The van der Waals surface area contributed by atoms with E-state index in [1.165, 1.54) is 0 Å². The summed E-state index contributed by atoms with van der Waals surface area (Å²) >= 11 is 0. The van der Waals surface area contributed by atoms with E-state index in [-0.39, 0.29) is 32.1 Å². The molecule has 0 fully saturated rings. The van der Waals surface area contributed by atoms with Gasteiger partial charge in [0.1, 0.15) is 19.0 Å². The van der Waals surface area contributed by atoms with Crippen molar-refractivity contribution in [3.63, 3.8) is 0 Å². The Bertz CT molecular complexity index is 1030. The molecule has 0 unspecified atom stereocenters. The van der Waals surface area contributed by atoms with Gasteiger partial charge in [0.15, 0.2) is 5.54 Å². The molecular weight excluding hydrogens is 431 g/mol. The van der Waals surface area contributed by atoms with Crippen molar-refractivity contribution in [2.75, 3.05) is 33.0 Å². The molecule has 0 aromatic heterocycles. The lowest BCUT2D eigenvalue weighted by atomic mass is 9.91. The lowest BCUT2D eigenvalue weighted by molar-refractivity contribution is -0.127. The average Bonchev–Trinajstić information content (AvgIpc) is 3.26. The summed E-state index contributed by atoms with van der Waals surface area (Å²) < 4.78 is 23.8. The summed E-state index contributed by atoms with van der Waals surface area (Å²) in [5.74, 6) is 0.415. The Hall–Kier alpha value is -3.66. The minimum absolute atomic E-state index is 0.0493. The summed E-state index contributed by atoms with van der Waals surface area (Å²) in [4.78, 5) is 20.5. The second-order valence-corrected chi connectivity index (χ2v) is 7.25. The number of ether oxygens (including phenoxy) is 2. The molecule has 1 heterocycles. The van der Waals surface area contributed by atoms with Gasteiger partial charge in [-0.15, -0.1) is 0 Å². The Labute approximate surface area is 190 Å². The van der Waals surface area contributed by atoms with Crippen LogP contribution in [0.4, 0.5) is 10.1 Å². The third-order valence-corrected chi connectivity index (χ3v) is 4.91. The maximum atomic E-state index is 13.1. The third-order valence-electron chi connectivity index (χ3n) is 4.91. The fraction of sp³-hybridized carbons (Fsp3) is 0.364. The van der Waals surface area contributed by atoms with E-state index < -0.39 is 18.1 Å². The van der Waals surface area contributed by atoms with Crippen LogP contribution in [0.2, 0.25) is 0 Å². The standard InChI is InChI=1S/C22H25FN6O4/c23-10-11-25-28-21(31)22(14-17-4-1-2-5-19(17)27-29-24)15-33-20(26-22)16-6-8-18(9-7-16)32-13-3-12-30/h1-2,4-9,25,30H,3,10-15H2,(H,28,31)/t22-/m0/s1. The van der Waals surface area contributed by atoms with E-state index in [2.05, 4.69) is 25.9 Å². The van der Waals surface area contributed by atoms with Crippen molar-refractivity contribution >= 4 is 17.5 Å². The van der Waals surface area contributed by atoms with Crippen molar-refractivity contribution in [1.82, 2.24) is 10.9 Å². The molecular formula is C22H25FN6O4. The molecule has 11 heteroatoms. The largest absolute Gasteiger partial charge is 0.494 e. The molecule has 174 valence electrons. The number of nitrogens with one attached hydrogen (secondary N) is 2. The normalized spacial score (nSPS) is 17.0. The van der Waals surface area contributed by atoms with Crippen LogP contribution in [0.15, 0.2) is 58.6 Å². The number of nitrogens with zero attached hydrogens (tertiary/aromatic N) is 4. The van der Waals surface area contributed by atoms with E-state index in [1.54, 1.807) is 48.5 Å². The van der Waals surface area contributed by atoms with Crippen LogP contribution in [0.5, 0.6) is 5.75 Å². The Morgan fingerprint density at radius 1 is 1.30 bits per heavy atom. The van der Waals surface area contributed by atoms with Gasteiger partial charge in [-0.2, -0.15) is 0 Å². The van der Waals surface area contributed by atoms with Crippen LogP contribution in [0.3, 0.4) is 0 Å². The zero-order chi connectivity index (χ0) is 23.5. The summed E-state index contributed by atoms with van der Waals surface area (Å²) in [5.41, 5.74) is 14.2. The highest BCUT2D eigenvalue weighted by Crippen LogP contribution is 2.31. The van der Waals surface area contributed by atoms with Gasteiger partial charge in [0.25, 0.3) is 5.91 Å². The highest BCUT2D eigenvalue weighted by Gasteiger charge is 2.45. The van der Waals surface area contributed by atoms with Crippen molar-refractivity contribution in [1.29, 1.82) is 0 Å². The predicted molar refractivity (Wildman–Crippen MR) is 120 cm³/mol. The van der Waals surface area contributed by atoms with Crippen molar-refractivity contribution in [3.8, 4) is 5.75 Å². The zero-order valence-corrected chi connectivity index (χ0v) is 17.9. The number of hydrazine groups is 1. The molecule has 2 aromatic carbocycles. The van der Waals surface area contributed by atoms with Crippen LogP contribution in [-0.4, -0.2) is 55.5 Å². The van der Waals surface area contributed by atoms with E-state index in [9.17, 15) is 9.18 Å². The van der Waals surface area contributed by atoms with Crippen LogP contribution in [0, 0.1) is 0 Å². The first-order valence-electron chi connectivity index (χ1n) is 10.4. The first-order chi connectivity index (χ1) is 16.1. The van der Waals surface area contributed by atoms with Gasteiger partial charge >= 0.3 is 0 Å². The number of aliphatic imine (C=N–C) groups is 1. The molecule has 0 saturated carbocycles. The second kappa shape index (κ2) is 11.8. The topological polar surface area (TPSA) is 141 Å². The Kier molecular flexibility index (Phi) is 8.59. The highest BCUT2D eigenvalue weighted by atomic mass is 19.1. The molecule has 10 nitrogen and oxygen atoms in total. The van der Waals surface area contributed by atoms with Crippen molar-refractivity contribution in [2.45, 2.75) is 18.4 Å². The van der Waals surface area contributed by atoms with Gasteiger partial charge in [0, 0.05) is 42.2 Å². The average molecular weight is 456 g/mol. The molecule has 1 aliphatic heterocycles. The maximum Gasteiger partial charge on any atom is 0.266 e. The number of benzene rings is 2. The molecule has 0 bridgehead atoms. The number of azide groups is 1. The number of carbonyl (C=O) groups excluding carboxylic acids is 1. The van der Waals surface area contributed by atoms with Crippen LogP contribution in [-0.2, 0) is 16.0 Å². The summed E-state index contributed by atoms with van der Waals surface area (Å²) in [6, 6.07) is 13.9. The van der Waals surface area contributed by atoms with E-state index >= 15 is 0 Å². The summed E-state index contributed by atoms with van der Waals surface area (Å²) in [6.07, 6.45) is 0.639. The number of rotatable bonds is 12. The molecule has 2 aromatic rings. The predicted octanol–water partition coefficient (Wildman–Crippen LogP) is 2.74. The number of aliphatic hydroxyl groups excluding tert-OH is 1. The fourth-order valence-electron chi connectivity index (χ4n) is 3.26. The van der Waals surface area contributed by atoms with Gasteiger partial charge in [-0.25, -0.2) is 14.8 Å². The molecule has 33 heavy (non-hydrogen) atoms. The number of carbonyl (C=O) groups is 1. The van der Waals surface area contributed by atoms with Gasteiger partial charge in [-0.1, -0.05) is 29.4 Å². The molecule has 0 saturated heterocycles. The van der Waals surface area contributed by atoms with Crippen LogP contribution in [0.25, 0.3) is 10.4 Å². The Morgan fingerprint density at radius 2 is 2.09 bits per heavy atom. The third kappa shape index (κ3) is 6.19. The van der Waals surface area contributed by atoms with Gasteiger partial charge in [-0.05, 0) is 35.4 Å². The summed E-state index contributed by atoms with van der Waals surface area (Å²) in [7, 11) is 0. The smallest absolute Gasteiger partial charge is 0.266 e. The number of halogens is 1. The van der Waals surface area contributed by atoms with Crippen molar-refractivity contribution in [2.24, 2.45) is 10.1 Å². The Balaban J connectivity index is 1.87. The first kappa shape index (κ1) is 24.0. The summed E-state index contributed by atoms with van der Waals surface area (Å²) in [5, 5.41) is 12.6. The SMILES string of the molecule is [N-]=[N+]=Nc1ccccc1C[C@@]1(C(=O)NNCCF)COC(c2ccc(OCCCO)cc2)=N1. The highest BCUT2D eigenvalue weighted by molar-refractivity contribution is 6.00. The molecule has 0 radical (unpaired) electrons. The van der Waals surface area contributed by atoms with E-state index in [0.29, 0.717) is 35.6 Å². The van der Waals surface area contributed by atoms with E-state index in [0.717, 1.165) is 0 Å². The second-order valence-electron chi connectivity index (χ2n) is 7.25. The van der Waals surface area contributed by atoms with Crippen molar-refractivity contribution in [3.05, 3.63) is 70.1 Å². The summed E-state index contributed by atoms with van der Waals surface area (Å²) in [6.45, 7) is -0.301. The number of hydrogen-bond donors (Lipinski definition) is 3. The lowest BCUT2D eigenvalue weighted by Crippen LogP contribution is -2.53. The quantitative estimate of drug-likeness (QED) is 0.148. The number of aliphatic hydroxyl groups is 1. The van der Waals surface area contributed by atoms with E-state index in [4.69, 9.17) is 20.1 Å². The molecule has 1 aliphatic rings. The number of amides is 1. The molecule has 1 atom stereocenters. The first-order valence-corrected chi connectivity index (χ1v) is 10.4. The fourth-order valence-corrected chi connectivity index (χ4v) is 3.26. The Morgan fingerprint density at radius 3 is 2.82 bits per heavy atom. The molecule has 3 rings (SSSR count).